The minimum absolute atomic E-state index is 0.0266. The van der Waals surface area contributed by atoms with Crippen molar-refractivity contribution in [3.63, 3.8) is 0 Å². The highest BCUT2D eigenvalue weighted by Crippen LogP contribution is 2.33. The fourth-order valence-electron chi connectivity index (χ4n) is 6.88. The Bertz CT molecular complexity index is 1710. The highest BCUT2D eigenvalue weighted by atomic mass is 16.8. The second-order valence-electron chi connectivity index (χ2n) is 14.3. The van der Waals surface area contributed by atoms with Gasteiger partial charge in [0.1, 0.15) is 78.9 Å². The van der Waals surface area contributed by atoms with Crippen molar-refractivity contribution in [1.29, 1.82) is 0 Å². The first-order valence-electron chi connectivity index (χ1n) is 19.1. The number of aliphatic hydroxyl groups excluding tert-OH is 9. The van der Waals surface area contributed by atoms with Crippen LogP contribution in [0.15, 0.2) is 48.5 Å². The summed E-state index contributed by atoms with van der Waals surface area (Å²) in [7, 11) is 0. The summed E-state index contributed by atoms with van der Waals surface area (Å²) in [5, 5.41) is 109. The van der Waals surface area contributed by atoms with Crippen molar-refractivity contribution >= 4 is 17.8 Å². The molecule has 60 heavy (non-hydrogen) atoms. The van der Waals surface area contributed by atoms with E-state index in [1.54, 1.807) is 30.3 Å². The maximum absolute atomic E-state index is 12.6. The topological polar surface area (TPSA) is 342 Å². The monoisotopic (exact) mass is 856 g/mol. The molecule has 0 aromatic heterocycles. The smallest absolute Gasteiger partial charge is 0.335 e. The normalized spacial score (nSPS) is 34.4. The maximum atomic E-state index is 12.6. The number of benzene rings is 2. The van der Waals surface area contributed by atoms with Crippen LogP contribution < -0.4 is 15.4 Å². The van der Waals surface area contributed by atoms with Crippen molar-refractivity contribution in [2.24, 2.45) is 0 Å². The number of amides is 2. The lowest BCUT2D eigenvalue weighted by molar-refractivity contribution is -0.376. The van der Waals surface area contributed by atoms with Gasteiger partial charge in [-0.05, 0) is 35.7 Å². The number of rotatable bonds is 18. The van der Waals surface area contributed by atoms with E-state index < -0.39 is 136 Å². The van der Waals surface area contributed by atoms with Crippen LogP contribution in [0.4, 0.5) is 0 Å². The van der Waals surface area contributed by atoms with Crippen LogP contribution in [0.25, 0.3) is 11.1 Å². The van der Waals surface area contributed by atoms with Crippen LogP contribution in [0.2, 0.25) is 0 Å². The van der Waals surface area contributed by atoms with E-state index in [0.29, 0.717) is 5.56 Å². The molecule has 3 saturated heterocycles. The SMILES string of the molecule is CC(=O)NC1[C@H](OCCCNC(=O)COc2cc(C(=O)O)cc(-c3ccccc3)c2)OC(CO)[C@@H](O[C@@H]2OC(CO)[C@H](O)[C@H](O[C@H]3OC(CO)[C@H](O)C(O)[C@@H]3O)C2O)[C@@H]1O. The molecule has 0 aliphatic carbocycles. The zero-order chi connectivity index (χ0) is 43.7. The average Bonchev–Trinajstić information content (AvgIpc) is 3.24. The Kier molecular flexibility index (Phi) is 17.1. The van der Waals surface area contributed by atoms with Crippen molar-refractivity contribution < 1.29 is 98.6 Å². The molecule has 5 rings (SSSR count). The Morgan fingerprint density at radius 1 is 0.683 bits per heavy atom. The van der Waals surface area contributed by atoms with Gasteiger partial charge < -0.3 is 94.9 Å². The van der Waals surface area contributed by atoms with Gasteiger partial charge in [-0.1, -0.05) is 30.3 Å². The molecule has 3 fully saturated rings. The summed E-state index contributed by atoms with van der Waals surface area (Å²) in [6, 6.07) is 12.1. The summed E-state index contributed by atoms with van der Waals surface area (Å²) in [5.74, 6) is -2.15. The number of carboxylic acid groups (broad SMARTS) is 1. The molecular formula is C38H52N2O20. The average molecular weight is 857 g/mol. The molecule has 3 aliphatic heterocycles. The van der Waals surface area contributed by atoms with Gasteiger partial charge in [0.25, 0.3) is 5.91 Å². The van der Waals surface area contributed by atoms with Crippen LogP contribution in [0, 0.1) is 0 Å². The first-order valence-corrected chi connectivity index (χ1v) is 19.1. The molecule has 6 unspecified atom stereocenters. The Labute approximate surface area is 342 Å². The van der Waals surface area contributed by atoms with Gasteiger partial charge in [0.15, 0.2) is 25.5 Å². The molecule has 0 spiro atoms. The van der Waals surface area contributed by atoms with Gasteiger partial charge in [-0.2, -0.15) is 0 Å². The van der Waals surface area contributed by atoms with E-state index in [1.807, 2.05) is 6.07 Å². The molecule has 22 heteroatoms. The molecule has 334 valence electrons. The highest BCUT2D eigenvalue weighted by molar-refractivity contribution is 5.90. The van der Waals surface area contributed by atoms with Crippen molar-refractivity contribution in [1.82, 2.24) is 10.6 Å². The van der Waals surface area contributed by atoms with E-state index in [-0.39, 0.29) is 30.9 Å². The van der Waals surface area contributed by atoms with E-state index in [1.165, 1.54) is 12.1 Å². The van der Waals surface area contributed by atoms with Crippen LogP contribution in [0.3, 0.4) is 0 Å². The molecule has 2 amide bonds. The number of hydrogen-bond acceptors (Lipinski definition) is 19. The summed E-state index contributed by atoms with van der Waals surface area (Å²) in [6.45, 7) is -1.76. The summed E-state index contributed by atoms with van der Waals surface area (Å²) < 4.78 is 39.6. The van der Waals surface area contributed by atoms with Crippen LogP contribution in [-0.2, 0) is 38.0 Å². The van der Waals surface area contributed by atoms with Crippen molar-refractivity contribution in [2.45, 2.75) is 105 Å². The predicted octanol–water partition coefficient (Wildman–Crippen LogP) is -4.45. The van der Waals surface area contributed by atoms with E-state index >= 15 is 0 Å². The zero-order valence-electron chi connectivity index (χ0n) is 32.3. The molecule has 2 aromatic rings. The lowest BCUT2D eigenvalue weighted by Crippen LogP contribution is -2.68. The van der Waals surface area contributed by atoms with Crippen LogP contribution >= 0.6 is 0 Å². The number of hydrogen-bond donors (Lipinski definition) is 12. The van der Waals surface area contributed by atoms with Gasteiger partial charge >= 0.3 is 5.97 Å². The fourth-order valence-corrected chi connectivity index (χ4v) is 6.88. The Morgan fingerprint density at radius 2 is 1.30 bits per heavy atom. The first kappa shape index (κ1) is 47.1. The van der Waals surface area contributed by atoms with Crippen LogP contribution in [0.5, 0.6) is 5.75 Å². The van der Waals surface area contributed by atoms with E-state index in [2.05, 4.69) is 10.6 Å². The largest absolute Gasteiger partial charge is 0.484 e. The van der Waals surface area contributed by atoms with Gasteiger partial charge in [-0.25, -0.2) is 4.79 Å². The van der Waals surface area contributed by atoms with E-state index in [4.69, 9.17) is 33.2 Å². The molecule has 22 nitrogen and oxygen atoms in total. The third-order valence-corrected chi connectivity index (χ3v) is 10.0. The number of aliphatic hydroxyl groups is 9. The predicted molar refractivity (Wildman–Crippen MR) is 199 cm³/mol. The van der Waals surface area contributed by atoms with Crippen molar-refractivity contribution in [3.05, 3.63) is 54.1 Å². The number of carboxylic acids is 1. The third kappa shape index (κ3) is 11.5. The van der Waals surface area contributed by atoms with Gasteiger partial charge in [0.05, 0.1) is 32.0 Å². The molecule has 0 bridgehead atoms. The number of ether oxygens (including phenoxy) is 7. The minimum atomic E-state index is -1.97. The third-order valence-electron chi connectivity index (χ3n) is 10.0. The molecule has 0 radical (unpaired) electrons. The molecule has 3 aliphatic rings. The summed E-state index contributed by atoms with van der Waals surface area (Å²) in [4.78, 5) is 36.5. The Morgan fingerprint density at radius 3 is 1.93 bits per heavy atom. The molecule has 0 saturated carbocycles. The molecular weight excluding hydrogens is 804 g/mol. The number of nitrogens with one attached hydrogen (secondary N) is 2. The van der Waals surface area contributed by atoms with E-state index in [9.17, 15) is 65.4 Å². The zero-order valence-corrected chi connectivity index (χ0v) is 32.3. The van der Waals surface area contributed by atoms with Crippen LogP contribution in [-0.4, -0.2) is 200 Å². The Hall–Kier alpha value is -3.95. The first-order chi connectivity index (χ1) is 28.7. The highest BCUT2D eigenvalue weighted by Gasteiger charge is 2.54. The molecule has 15 atom stereocenters. The van der Waals surface area contributed by atoms with Gasteiger partial charge in [0, 0.05) is 13.5 Å². The van der Waals surface area contributed by atoms with Gasteiger partial charge in [-0.3, -0.25) is 9.59 Å². The second-order valence-corrected chi connectivity index (χ2v) is 14.3. The summed E-state index contributed by atoms with van der Waals surface area (Å²) in [5.41, 5.74) is 1.31. The molecule has 3 heterocycles. The minimum Gasteiger partial charge on any atom is -0.484 e. The van der Waals surface area contributed by atoms with Gasteiger partial charge in [0.2, 0.25) is 5.91 Å². The van der Waals surface area contributed by atoms with Crippen molar-refractivity contribution in [2.75, 3.05) is 39.6 Å². The standard InChI is InChI=1S/C38H52N2O20/c1-17(44)40-26-29(48)33(59-38-32(51)34(28(47)23(14-42)57-38)60-37-31(50)30(49)27(46)22(13-41)56-37)24(15-43)58-36(26)54-9-5-8-39-25(45)16-55-21-11-19(10-20(12-21)35(52)53)18-6-3-2-4-7-18/h2-4,6-7,10-12,22-24,26-34,36-38,41-43,46-51H,5,8-9,13-16H2,1H3,(H,39,45)(H,40,44)(H,52,53)/t22?,23?,24?,26?,27-,28-,29+,30?,31-,32?,33+,34-,36+,37+,38-/m0/s1. The summed E-state index contributed by atoms with van der Waals surface area (Å²) >= 11 is 0. The quantitative estimate of drug-likeness (QED) is 0.0629. The maximum Gasteiger partial charge on any atom is 0.335 e. The summed E-state index contributed by atoms with van der Waals surface area (Å²) in [6.07, 6.45) is -23.5. The van der Waals surface area contributed by atoms with Gasteiger partial charge in [-0.15, -0.1) is 0 Å². The lowest BCUT2D eigenvalue weighted by atomic mass is 9.95. The lowest BCUT2D eigenvalue weighted by Gasteiger charge is -2.48. The van der Waals surface area contributed by atoms with Crippen molar-refractivity contribution in [3.8, 4) is 16.9 Å². The van der Waals surface area contributed by atoms with E-state index in [0.717, 1.165) is 12.5 Å². The Balaban J connectivity index is 1.16. The fraction of sp³-hybridized carbons (Fsp3) is 0.605. The molecule has 2 aromatic carbocycles. The molecule has 12 N–H and O–H groups in total. The number of carbonyl (C=O) groups is 3. The number of carbonyl (C=O) groups excluding carboxylic acids is 2. The number of aromatic carboxylic acids is 1. The second kappa shape index (κ2) is 21.7. The van der Waals surface area contributed by atoms with Crippen LogP contribution in [0.1, 0.15) is 23.7 Å².